The minimum atomic E-state index is -3.83. The Morgan fingerprint density at radius 1 is 1.36 bits per heavy atom. The maximum absolute atomic E-state index is 12.5. The van der Waals surface area contributed by atoms with Gasteiger partial charge in [0.1, 0.15) is 17.1 Å². The lowest BCUT2D eigenvalue weighted by atomic mass is 10.1. The third kappa shape index (κ3) is 4.53. The summed E-state index contributed by atoms with van der Waals surface area (Å²) in [7, 11) is -3.83. The zero-order valence-corrected chi connectivity index (χ0v) is 17.5. The second kappa shape index (κ2) is 8.31. The molecule has 0 aliphatic carbocycles. The van der Waals surface area contributed by atoms with Crippen LogP contribution in [0.1, 0.15) is 31.1 Å². The number of anilines is 1. The summed E-state index contributed by atoms with van der Waals surface area (Å²) >= 11 is 1.43. The van der Waals surface area contributed by atoms with E-state index >= 15 is 0 Å². The van der Waals surface area contributed by atoms with Crippen LogP contribution in [0.5, 0.6) is 0 Å². The summed E-state index contributed by atoms with van der Waals surface area (Å²) in [6.07, 6.45) is 1.42. The Labute approximate surface area is 168 Å². The molecule has 150 valence electrons. The molecule has 0 unspecified atom stereocenters. The first-order chi connectivity index (χ1) is 13.3. The zero-order valence-electron chi connectivity index (χ0n) is 15.8. The van der Waals surface area contributed by atoms with Gasteiger partial charge in [-0.15, -0.1) is 4.40 Å². The number of fused-ring (bicyclic) bond motifs is 1. The fourth-order valence-corrected chi connectivity index (χ4v) is 4.70. The van der Waals surface area contributed by atoms with Crippen molar-refractivity contribution in [1.29, 1.82) is 0 Å². The molecular weight excluding hydrogens is 400 g/mol. The Morgan fingerprint density at radius 2 is 2.14 bits per heavy atom. The number of H-pyrrole nitrogens is 1. The third-order valence-electron chi connectivity index (χ3n) is 4.00. The van der Waals surface area contributed by atoms with Crippen molar-refractivity contribution < 1.29 is 13.2 Å². The summed E-state index contributed by atoms with van der Waals surface area (Å²) in [6.45, 7) is 6.83. The molecule has 0 radical (unpaired) electrons. The number of thioether (sulfide) groups is 1. The predicted molar refractivity (Wildman–Crippen MR) is 108 cm³/mol. The van der Waals surface area contributed by atoms with Crippen LogP contribution in [0.4, 0.5) is 5.69 Å². The molecule has 2 N–H and O–H groups in total. The highest BCUT2D eigenvalue weighted by Gasteiger charge is 2.30. The van der Waals surface area contributed by atoms with Gasteiger partial charge >= 0.3 is 0 Å². The van der Waals surface area contributed by atoms with Crippen LogP contribution >= 0.6 is 11.8 Å². The highest BCUT2D eigenvalue weighted by Crippen LogP contribution is 2.33. The molecule has 2 aromatic rings. The van der Waals surface area contributed by atoms with E-state index in [-0.39, 0.29) is 16.4 Å². The fraction of sp³-hybridized carbons (Fsp3) is 0.412. The maximum Gasteiger partial charge on any atom is 0.286 e. The number of aromatic nitrogens is 3. The van der Waals surface area contributed by atoms with Gasteiger partial charge in [0.25, 0.3) is 15.9 Å². The SMILES string of the molecule is CC1=NS(=O)(=O)c2cc(C(=O)NCCSc3ncn[nH]3)ccc2N1CC(C)C. The summed E-state index contributed by atoms with van der Waals surface area (Å²) in [5.41, 5.74) is 0.838. The molecule has 0 atom stereocenters. The second-order valence-corrected chi connectivity index (χ2v) is 9.35. The minimum absolute atomic E-state index is 0.0578. The van der Waals surface area contributed by atoms with Gasteiger partial charge in [-0.05, 0) is 31.0 Å². The lowest BCUT2D eigenvalue weighted by Gasteiger charge is -2.30. The Hall–Kier alpha value is -2.40. The molecule has 11 heteroatoms. The number of amides is 1. The normalized spacial score (nSPS) is 15.3. The first kappa shape index (κ1) is 20.3. The van der Waals surface area contributed by atoms with Crippen LogP contribution in [0.15, 0.2) is 39.0 Å². The van der Waals surface area contributed by atoms with E-state index in [2.05, 4.69) is 38.7 Å². The monoisotopic (exact) mass is 422 g/mol. The van der Waals surface area contributed by atoms with Gasteiger partial charge in [0.05, 0.1) is 5.69 Å². The van der Waals surface area contributed by atoms with Crippen molar-refractivity contribution in [2.45, 2.75) is 30.8 Å². The van der Waals surface area contributed by atoms with Crippen molar-refractivity contribution in [2.75, 3.05) is 23.7 Å². The Bertz CT molecular complexity index is 986. The summed E-state index contributed by atoms with van der Waals surface area (Å²) in [5, 5.41) is 9.93. The molecule has 1 aromatic carbocycles. The van der Waals surface area contributed by atoms with Crippen LogP contribution in [-0.2, 0) is 10.0 Å². The van der Waals surface area contributed by atoms with Gasteiger partial charge in [-0.3, -0.25) is 9.89 Å². The van der Waals surface area contributed by atoms with Gasteiger partial charge in [0.15, 0.2) is 5.16 Å². The third-order valence-corrected chi connectivity index (χ3v) is 6.27. The molecule has 0 saturated heterocycles. The van der Waals surface area contributed by atoms with E-state index in [1.165, 1.54) is 24.2 Å². The number of hydrogen-bond acceptors (Lipinski definition) is 7. The highest BCUT2D eigenvalue weighted by atomic mass is 32.2. The molecule has 28 heavy (non-hydrogen) atoms. The van der Waals surface area contributed by atoms with Gasteiger partial charge < -0.3 is 10.2 Å². The number of hydrogen-bond donors (Lipinski definition) is 2. The molecule has 3 rings (SSSR count). The average Bonchev–Trinajstić information content (AvgIpc) is 3.14. The Balaban J connectivity index is 1.74. The number of carbonyl (C=O) groups excluding carboxylic acids is 1. The molecule has 2 heterocycles. The van der Waals surface area contributed by atoms with Crippen molar-refractivity contribution in [2.24, 2.45) is 10.3 Å². The predicted octanol–water partition coefficient (Wildman–Crippen LogP) is 1.91. The van der Waals surface area contributed by atoms with Crippen LogP contribution in [0.25, 0.3) is 0 Å². The van der Waals surface area contributed by atoms with E-state index in [0.29, 0.717) is 41.4 Å². The van der Waals surface area contributed by atoms with Crippen molar-refractivity contribution in [3.8, 4) is 0 Å². The average molecular weight is 423 g/mol. The standard InChI is InChI=1S/C17H22N6O3S2/c1-11(2)9-23-12(3)22-28(25,26)15-8-13(4-5-14(15)23)16(24)18-6-7-27-17-19-10-20-21-17/h4-5,8,10-11H,6-7,9H2,1-3H3,(H,18,24)(H,19,20,21). The molecule has 1 aliphatic rings. The summed E-state index contributed by atoms with van der Waals surface area (Å²) < 4.78 is 28.9. The van der Waals surface area contributed by atoms with Crippen molar-refractivity contribution in [3.63, 3.8) is 0 Å². The quantitative estimate of drug-likeness (QED) is 0.516. The van der Waals surface area contributed by atoms with E-state index < -0.39 is 10.0 Å². The first-order valence-corrected chi connectivity index (χ1v) is 11.2. The lowest BCUT2D eigenvalue weighted by Crippen LogP contribution is -2.37. The number of carbonyl (C=O) groups is 1. The Kier molecular flexibility index (Phi) is 6.04. The van der Waals surface area contributed by atoms with Crippen molar-refractivity contribution in [3.05, 3.63) is 30.1 Å². The number of aromatic amines is 1. The van der Waals surface area contributed by atoms with E-state index in [1.807, 2.05) is 4.90 Å². The number of rotatable bonds is 7. The van der Waals surface area contributed by atoms with E-state index in [1.54, 1.807) is 19.1 Å². The van der Waals surface area contributed by atoms with Crippen molar-refractivity contribution >= 4 is 39.2 Å². The number of nitrogens with one attached hydrogen (secondary N) is 2. The summed E-state index contributed by atoms with van der Waals surface area (Å²) in [4.78, 5) is 18.3. The number of amidine groups is 1. The van der Waals surface area contributed by atoms with Crippen LogP contribution in [0.3, 0.4) is 0 Å². The van der Waals surface area contributed by atoms with Crippen LogP contribution < -0.4 is 10.2 Å². The molecular formula is C17H22N6O3S2. The molecule has 0 spiro atoms. The van der Waals surface area contributed by atoms with Gasteiger partial charge in [0.2, 0.25) is 0 Å². The highest BCUT2D eigenvalue weighted by molar-refractivity contribution is 7.99. The van der Waals surface area contributed by atoms with E-state index in [9.17, 15) is 13.2 Å². The van der Waals surface area contributed by atoms with Gasteiger partial charge in [-0.2, -0.15) is 13.5 Å². The number of benzene rings is 1. The molecule has 1 aromatic heterocycles. The summed E-state index contributed by atoms with van der Waals surface area (Å²) in [6, 6.07) is 4.71. The molecule has 1 aliphatic heterocycles. The maximum atomic E-state index is 12.5. The molecule has 0 fully saturated rings. The fourth-order valence-electron chi connectivity index (χ4n) is 2.81. The summed E-state index contributed by atoms with van der Waals surface area (Å²) in [5.74, 6) is 1.03. The molecule has 1 amide bonds. The first-order valence-electron chi connectivity index (χ1n) is 8.77. The largest absolute Gasteiger partial charge is 0.351 e. The Morgan fingerprint density at radius 3 is 2.82 bits per heavy atom. The van der Waals surface area contributed by atoms with Crippen LogP contribution in [-0.4, -0.2) is 54.2 Å². The molecule has 0 bridgehead atoms. The van der Waals surface area contributed by atoms with E-state index in [4.69, 9.17) is 0 Å². The number of sulfonamides is 1. The van der Waals surface area contributed by atoms with Gasteiger partial charge in [-0.25, -0.2) is 4.98 Å². The van der Waals surface area contributed by atoms with Crippen LogP contribution in [0, 0.1) is 5.92 Å². The zero-order chi connectivity index (χ0) is 20.3. The van der Waals surface area contributed by atoms with Crippen LogP contribution in [0.2, 0.25) is 0 Å². The van der Waals surface area contributed by atoms with E-state index in [0.717, 1.165) is 0 Å². The smallest absolute Gasteiger partial charge is 0.286 e. The number of nitrogens with zero attached hydrogens (tertiary/aromatic N) is 4. The minimum Gasteiger partial charge on any atom is -0.351 e. The molecule has 0 saturated carbocycles. The lowest BCUT2D eigenvalue weighted by molar-refractivity contribution is 0.0956. The van der Waals surface area contributed by atoms with Gasteiger partial charge in [-0.1, -0.05) is 25.6 Å². The molecule has 9 nitrogen and oxygen atoms in total. The second-order valence-electron chi connectivity index (χ2n) is 6.70. The van der Waals surface area contributed by atoms with Crippen molar-refractivity contribution in [1.82, 2.24) is 20.5 Å². The van der Waals surface area contributed by atoms with Gasteiger partial charge in [0, 0.05) is 24.4 Å². The topological polar surface area (TPSA) is 120 Å².